The first kappa shape index (κ1) is 14.6. The van der Waals surface area contributed by atoms with Crippen LogP contribution < -0.4 is 20.6 Å². The maximum absolute atomic E-state index is 11.8. The van der Waals surface area contributed by atoms with Crippen LogP contribution in [0.3, 0.4) is 0 Å². The predicted molar refractivity (Wildman–Crippen MR) is 78.7 cm³/mol. The number of amidine groups is 1. The van der Waals surface area contributed by atoms with Crippen molar-refractivity contribution in [1.29, 1.82) is 5.41 Å². The van der Waals surface area contributed by atoms with Gasteiger partial charge in [0.15, 0.2) is 5.69 Å². The van der Waals surface area contributed by atoms with Gasteiger partial charge in [0, 0.05) is 17.8 Å². The van der Waals surface area contributed by atoms with Crippen molar-refractivity contribution in [2.24, 2.45) is 5.73 Å². The first-order valence-electron chi connectivity index (χ1n) is 6.15. The number of nitrogen functional groups attached to an aromatic ring is 1. The molecule has 0 bridgehead atoms. The highest BCUT2D eigenvalue weighted by atomic mass is 16.5. The van der Waals surface area contributed by atoms with Gasteiger partial charge in [-0.2, -0.15) is 5.10 Å². The van der Waals surface area contributed by atoms with Gasteiger partial charge >= 0.3 is 0 Å². The summed E-state index contributed by atoms with van der Waals surface area (Å²) in [6.45, 7) is 1.73. The molecule has 0 amide bonds. The molecule has 2 rings (SSSR count). The number of methoxy groups -OCH3 is 2. The minimum atomic E-state index is -0.391. The average molecular weight is 288 g/mol. The Morgan fingerprint density at radius 1 is 1.29 bits per heavy atom. The number of ether oxygens (including phenoxy) is 2. The maximum Gasteiger partial charge on any atom is 0.211 e. The molecule has 0 spiro atoms. The molecule has 0 aliphatic rings. The fraction of sp³-hybridized carbons (Fsp3) is 0.214. The molecule has 7 nitrogen and oxygen atoms in total. The van der Waals surface area contributed by atoms with Crippen LogP contribution in [0.25, 0.3) is 5.69 Å². The van der Waals surface area contributed by atoms with E-state index in [0.717, 1.165) is 0 Å². The Labute approximate surface area is 121 Å². The average Bonchev–Trinajstić information content (AvgIpc) is 2.46. The number of aryl methyl sites for hydroxylation is 1. The van der Waals surface area contributed by atoms with Crippen LogP contribution in [0, 0.1) is 12.3 Å². The number of rotatable bonds is 4. The number of hydrogen-bond acceptors (Lipinski definition) is 5. The van der Waals surface area contributed by atoms with E-state index in [1.54, 1.807) is 32.2 Å². The van der Waals surface area contributed by atoms with Gasteiger partial charge in [0.25, 0.3) is 0 Å². The summed E-state index contributed by atoms with van der Waals surface area (Å²) in [5, 5.41) is 11.6. The van der Waals surface area contributed by atoms with Gasteiger partial charge in [-0.1, -0.05) is 0 Å². The lowest BCUT2D eigenvalue weighted by atomic mass is 10.2. The Bertz CT molecular complexity index is 752. The van der Waals surface area contributed by atoms with Gasteiger partial charge in [-0.25, -0.2) is 4.68 Å². The molecule has 0 saturated heterocycles. The van der Waals surface area contributed by atoms with Crippen LogP contribution in [0.2, 0.25) is 0 Å². The van der Waals surface area contributed by atoms with Gasteiger partial charge in [0.1, 0.15) is 23.0 Å². The van der Waals surface area contributed by atoms with Crippen molar-refractivity contribution in [3.63, 3.8) is 0 Å². The van der Waals surface area contributed by atoms with E-state index in [0.29, 0.717) is 22.9 Å². The molecule has 0 fully saturated rings. The second kappa shape index (κ2) is 5.66. The first-order valence-corrected chi connectivity index (χ1v) is 6.15. The second-order valence-corrected chi connectivity index (χ2v) is 4.36. The summed E-state index contributed by atoms with van der Waals surface area (Å²) in [5.41, 5.74) is 6.08. The summed E-state index contributed by atoms with van der Waals surface area (Å²) in [5.74, 6) is 0.801. The SMILES string of the molecule is COc1ccc(OC)c(-n2nc(C(=N)N)c(=O)cc2C)c1. The largest absolute Gasteiger partial charge is 0.497 e. The summed E-state index contributed by atoms with van der Waals surface area (Å²) in [7, 11) is 3.09. The molecule has 2 aromatic rings. The van der Waals surface area contributed by atoms with Crippen LogP contribution in [0.15, 0.2) is 29.1 Å². The molecule has 0 unspecified atom stereocenters. The van der Waals surface area contributed by atoms with Crippen molar-refractivity contribution in [3.05, 3.63) is 45.9 Å². The van der Waals surface area contributed by atoms with E-state index in [2.05, 4.69) is 5.10 Å². The molecular formula is C14H16N4O3. The number of benzene rings is 1. The zero-order valence-electron chi connectivity index (χ0n) is 12.0. The van der Waals surface area contributed by atoms with Gasteiger partial charge in [-0.3, -0.25) is 10.2 Å². The molecule has 7 heteroatoms. The Kier molecular flexibility index (Phi) is 3.93. The third-order valence-corrected chi connectivity index (χ3v) is 2.98. The highest BCUT2D eigenvalue weighted by molar-refractivity contribution is 5.92. The van der Waals surface area contributed by atoms with Gasteiger partial charge < -0.3 is 15.2 Å². The van der Waals surface area contributed by atoms with Gasteiger partial charge in [-0.15, -0.1) is 0 Å². The number of aromatic nitrogens is 2. The molecule has 1 heterocycles. The third-order valence-electron chi connectivity index (χ3n) is 2.98. The van der Waals surface area contributed by atoms with Crippen molar-refractivity contribution in [3.8, 4) is 17.2 Å². The smallest absolute Gasteiger partial charge is 0.211 e. The van der Waals surface area contributed by atoms with E-state index >= 15 is 0 Å². The topological polar surface area (TPSA) is 103 Å². The summed E-state index contributed by atoms with van der Waals surface area (Å²) < 4.78 is 12.0. The highest BCUT2D eigenvalue weighted by Crippen LogP contribution is 2.27. The molecule has 3 N–H and O–H groups in total. The second-order valence-electron chi connectivity index (χ2n) is 4.36. The first-order chi connectivity index (χ1) is 9.97. The molecule has 0 aliphatic heterocycles. The van der Waals surface area contributed by atoms with Crippen molar-refractivity contribution in [2.75, 3.05) is 14.2 Å². The summed E-state index contributed by atoms with van der Waals surface area (Å²) in [6.07, 6.45) is 0. The number of nitrogens with two attached hydrogens (primary N) is 1. The van der Waals surface area contributed by atoms with E-state index in [1.165, 1.54) is 17.9 Å². The molecule has 0 atom stereocenters. The molecule has 0 radical (unpaired) electrons. The Hall–Kier alpha value is -2.83. The van der Waals surface area contributed by atoms with Gasteiger partial charge in [-0.05, 0) is 19.1 Å². The van der Waals surface area contributed by atoms with Crippen molar-refractivity contribution in [1.82, 2.24) is 9.78 Å². The van der Waals surface area contributed by atoms with E-state index in [-0.39, 0.29) is 11.5 Å². The fourth-order valence-corrected chi connectivity index (χ4v) is 1.94. The minimum Gasteiger partial charge on any atom is -0.497 e. The Morgan fingerprint density at radius 2 is 2.00 bits per heavy atom. The zero-order valence-corrected chi connectivity index (χ0v) is 12.0. The predicted octanol–water partition coefficient (Wildman–Crippen LogP) is 0.842. The van der Waals surface area contributed by atoms with Crippen molar-refractivity contribution >= 4 is 5.84 Å². The monoisotopic (exact) mass is 288 g/mol. The summed E-state index contributed by atoms with van der Waals surface area (Å²) in [6, 6.07) is 6.60. The van der Waals surface area contributed by atoms with Crippen LogP contribution in [-0.4, -0.2) is 29.8 Å². The lowest BCUT2D eigenvalue weighted by Gasteiger charge is -2.15. The van der Waals surface area contributed by atoms with Crippen LogP contribution in [0.4, 0.5) is 0 Å². The van der Waals surface area contributed by atoms with Crippen LogP contribution in [0.1, 0.15) is 11.4 Å². The molecule has 21 heavy (non-hydrogen) atoms. The molecule has 110 valence electrons. The van der Waals surface area contributed by atoms with Crippen LogP contribution >= 0.6 is 0 Å². The molecule has 0 saturated carbocycles. The van der Waals surface area contributed by atoms with Crippen LogP contribution in [0.5, 0.6) is 11.5 Å². The molecule has 1 aromatic carbocycles. The van der Waals surface area contributed by atoms with E-state index in [1.807, 2.05) is 0 Å². The van der Waals surface area contributed by atoms with E-state index in [4.69, 9.17) is 20.6 Å². The Morgan fingerprint density at radius 3 is 2.57 bits per heavy atom. The molecule has 0 aliphatic carbocycles. The molecular weight excluding hydrogens is 272 g/mol. The molecule has 1 aromatic heterocycles. The fourth-order valence-electron chi connectivity index (χ4n) is 1.94. The number of nitrogens with zero attached hydrogens (tertiary/aromatic N) is 2. The Balaban J connectivity index is 2.74. The van der Waals surface area contributed by atoms with Crippen molar-refractivity contribution < 1.29 is 9.47 Å². The normalized spacial score (nSPS) is 10.2. The minimum absolute atomic E-state index is 0.106. The quantitative estimate of drug-likeness (QED) is 0.641. The number of hydrogen-bond donors (Lipinski definition) is 2. The van der Waals surface area contributed by atoms with Gasteiger partial charge in [0.2, 0.25) is 5.43 Å². The van der Waals surface area contributed by atoms with Crippen LogP contribution in [-0.2, 0) is 0 Å². The zero-order chi connectivity index (χ0) is 15.6. The van der Waals surface area contributed by atoms with Gasteiger partial charge in [0.05, 0.1) is 14.2 Å². The van der Waals surface area contributed by atoms with E-state index in [9.17, 15) is 4.79 Å². The third kappa shape index (κ3) is 2.71. The lowest BCUT2D eigenvalue weighted by molar-refractivity contribution is 0.400. The van der Waals surface area contributed by atoms with E-state index < -0.39 is 5.43 Å². The maximum atomic E-state index is 11.8. The summed E-state index contributed by atoms with van der Waals surface area (Å²) in [4.78, 5) is 11.8. The number of nitrogens with one attached hydrogen (secondary N) is 1. The standard InChI is InChI=1S/C14H16N4O3/c1-8-6-11(19)13(14(15)16)17-18(8)10-7-9(20-2)4-5-12(10)21-3/h4-7H,1-3H3,(H3,15,16). The lowest BCUT2D eigenvalue weighted by Crippen LogP contribution is -2.27. The van der Waals surface area contributed by atoms with Crippen molar-refractivity contribution in [2.45, 2.75) is 6.92 Å². The summed E-state index contributed by atoms with van der Waals surface area (Å²) >= 11 is 0. The highest BCUT2D eigenvalue weighted by Gasteiger charge is 2.14.